The second-order valence-electron chi connectivity index (χ2n) is 3.87. The summed E-state index contributed by atoms with van der Waals surface area (Å²) >= 11 is 6.53. The number of rotatable bonds is 4. The van der Waals surface area contributed by atoms with Crippen molar-refractivity contribution in [3.05, 3.63) is 60.9 Å². The summed E-state index contributed by atoms with van der Waals surface area (Å²) in [4.78, 5) is 14.0. The summed E-state index contributed by atoms with van der Waals surface area (Å²) in [5.41, 5.74) is 0.617. The first kappa shape index (κ1) is 14.9. The minimum atomic E-state index is -0.523. The van der Waals surface area contributed by atoms with Crippen LogP contribution in [0, 0.1) is 15.9 Å². The summed E-state index contributed by atoms with van der Waals surface area (Å²) in [5.74, 6) is 0.118. The largest absolute Gasteiger partial charge is 0.365 e. The van der Waals surface area contributed by atoms with Gasteiger partial charge in [0.05, 0.1) is 9.40 Å². The third kappa shape index (κ3) is 3.51. The Morgan fingerprint density at radius 3 is 2.70 bits per heavy atom. The summed E-state index contributed by atoms with van der Waals surface area (Å²) < 4.78 is 14.4. The first-order valence-electron chi connectivity index (χ1n) is 5.45. The molecule has 0 spiro atoms. The van der Waals surface area contributed by atoms with Gasteiger partial charge in [0.25, 0.3) is 5.69 Å². The molecule has 1 aromatic carbocycles. The van der Waals surface area contributed by atoms with Crippen LogP contribution >= 0.6 is 31.9 Å². The number of nitrogens with zero attached hydrogens (tertiary/aromatic N) is 2. The van der Waals surface area contributed by atoms with Gasteiger partial charge in [0.1, 0.15) is 17.8 Å². The van der Waals surface area contributed by atoms with Crippen LogP contribution in [0.25, 0.3) is 0 Å². The summed E-state index contributed by atoms with van der Waals surface area (Å²) in [5, 5.41) is 13.6. The van der Waals surface area contributed by atoms with Crippen LogP contribution in [0.4, 0.5) is 15.9 Å². The van der Waals surface area contributed by atoms with E-state index in [1.54, 1.807) is 6.07 Å². The van der Waals surface area contributed by atoms with Crippen LogP contribution in [0.15, 0.2) is 39.4 Å². The summed E-state index contributed by atoms with van der Waals surface area (Å²) in [6, 6.07) is 5.73. The fourth-order valence-corrected chi connectivity index (χ4v) is 2.38. The molecule has 0 saturated carbocycles. The van der Waals surface area contributed by atoms with Crippen molar-refractivity contribution >= 4 is 43.4 Å². The standard InChI is InChI=1S/C12H8Br2FN3O2/c13-10-2-1-8(15)3-7(10)5-16-12-11(14)4-9(6-17-12)18(19)20/h1-4,6H,5H2,(H,16,17). The second kappa shape index (κ2) is 6.27. The van der Waals surface area contributed by atoms with E-state index in [0.29, 0.717) is 16.8 Å². The second-order valence-corrected chi connectivity index (χ2v) is 5.58. The smallest absolute Gasteiger partial charge is 0.288 e. The van der Waals surface area contributed by atoms with Crippen molar-refractivity contribution in [2.24, 2.45) is 0 Å². The zero-order valence-corrected chi connectivity index (χ0v) is 13.1. The zero-order valence-electron chi connectivity index (χ0n) is 9.94. The number of hydrogen-bond acceptors (Lipinski definition) is 4. The summed E-state index contributed by atoms with van der Waals surface area (Å²) in [6.45, 7) is 0.335. The van der Waals surface area contributed by atoms with Crippen LogP contribution in [-0.4, -0.2) is 9.91 Å². The van der Waals surface area contributed by atoms with E-state index in [9.17, 15) is 14.5 Å². The van der Waals surface area contributed by atoms with Gasteiger partial charge in [0.2, 0.25) is 0 Å². The molecular formula is C12H8Br2FN3O2. The summed E-state index contributed by atoms with van der Waals surface area (Å²) in [6.07, 6.45) is 1.16. The number of halogens is 3. The van der Waals surface area contributed by atoms with Gasteiger partial charge in [-0.05, 0) is 39.7 Å². The van der Waals surface area contributed by atoms with E-state index in [2.05, 4.69) is 42.2 Å². The average molecular weight is 405 g/mol. The Labute approximate surface area is 130 Å². The lowest BCUT2D eigenvalue weighted by Gasteiger charge is -2.09. The quantitative estimate of drug-likeness (QED) is 0.610. The van der Waals surface area contributed by atoms with E-state index in [4.69, 9.17) is 0 Å². The number of pyridine rings is 1. The fourth-order valence-electron chi connectivity index (χ4n) is 1.52. The Morgan fingerprint density at radius 1 is 1.30 bits per heavy atom. The van der Waals surface area contributed by atoms with Crippen LogP contribution in [0.2, 0.25) is 0 Å². The number of anilines is 1. The van der Waals surface area contributed by atoms with Crippen molar-refractivity contribution in [2.45, 2.75) is 6.54 Å². The molecule has 0 aliphatic carbocycles. The monoisotopic (exact) mass is 403 g/mol. The lowest BCUT2D eigenvalue weighted by atomic mass is 10.2. The number of benzene rings is 1. The summed E-state index contributed by atoms with van der Waals surface area (Å²) in [7, 11) is 0. The molecule has 2 rings (SSSR count). The normalized spacial score (nSPS) is 10.3. The van der Waals surface area contributed by atoms with E-state index in [-0.39, 0.29) is 11.5 Å². The maximum absolute atomic E-state index is 13.1. The lowest BCUT2D eigenvalue weighted by molar-refractivity contribution is -0.385. The topological polar surface area (TPSA) is 68.1 Å². The van der Waals surface area contributed by atoms with Crippen molar-refractivity contribution < 1.29 is 9.31 Å². The molecule has 0 atom stereocenters. The molecule has 0 radical (unpaired) electrons. The third-order valence-corrected chi connectivity index (χ3v) is 3.87. The first-order chi connectivity index (χ1) is 9.47. The zero-order chi connectivity index (χ0) is 14.7. The highest BCUT2D eigenvalue weighted by Crippen LogP contribution is 2.26. The van der Waals surface area contributed by atoms with Crippen molar-refractivity contribution in [2.75, 3.05) is 5.32 Å². The lowest BCUT2D eigenvalue weighted by Crippen LogP contribution is -2.03. The van der Waals surface area contributed by atoms with E-state index in [1.807, 2.05) is 0 Å². The van der Waals surface area contributed by atoms with Gasteiger partial charge in [-0.25, -0.2) is 9.37 Å². The van der Waals surface area contributed by atoms with Gasteiger partial charge in [0, 0.05) is 17.1 Å². The third-order valence-electron chi connectivity index (χ3n) is 2.49. The van der Waals surface area contributed by atoms with E-state index in [1.165, 1.54) is 18.2 Å². The SMILES string of the molecule is O=[N+]([O-])c1cnc(NCc2cc(F)ccc2Br)c(Br)c1. The Balaban J connectivity index is 2.15. The van der Waals surface area contributed by atoms with Crippen LogP contribution in [0.5, 0.6) is 0 Å². The number of aromatic nitrogens is 1. The van der Waals surface area contributed by atoms with Crippen LogP contribution in [0.1, 0.15) is 5.56 Å². The highest BCUT2D eigenvalue weighted by Gasteiger charge is 2.11. The highest BCUT2D eigenvalue weighted by atomic mass is 79.9. The molecule has 0 unspecified atom stereocenters. The Kier molecular flexibility index (Phi) is 4.66. The molecule has 8 heteroatoms. The number of nitrogens with one attached hydrogen (secondary N) is 1. The molecule has 0 amide bonds. The molecule has 2 aromatic rings. The average Bonchev–Trinajstić information content (AvgIpc) is 2.40. The van der Waals surface area contributed by atoms with Crippen molar-refractivity contribution in [1.82, 2.24) is 4.98 Å². The van der Waals surface area contributed by atoms with Gasteiger partial charge in [-0.1, -0.05) is 15.9 Å². The number of hydrogen-bond donors (Lipinski definition) is 1. The molecule has 0 aliphatic rings. The minimum Gasteiger partial charge on any atom is -0.365 e. The fraction of sp³-hybridized carbons (Fsp3) is 0.0833. The van der Waals surface area contributed by atoms with Gasteiger partial charge < -0.3 is 5.32 Å². The van der Waals surface area contributed by atoms with E-state index >= 15 is 0 Å². The Bertz CT molecular complexity index is 667. The van der Waals surface area contributed by atoms with Crippen LogP contribution < -0.4 is 5.32 Å². The van der Waals surface area contributed by atoms with Crippen LogP contribution in [-0.2, 0) is 6.54 Å². The molecule has 104 valence electrons. The molecule has 1 aromatic heterocycles. The molecule has 1 N–H and O–H groups in total. The predicted octanol–water partition coefficient (Wildman–Crippen LogP) is 4.27. The maximum Gasteiger partial charge on any atom is 0.288 e. The molecular weight excluding hydrogens is 397 g/mol. The molecule has 1 heterocycles. The highest BCUT2D eigenvalue weighted by molar-refractivity contribution is 9.10. The molecule has 20 heavy (non-hydrogen) atoms. The maximum atomic E-state index is 13.1. The molecule has 0 aliphatic heterocycles. The van der Waals surface area contributed by atoms with Crippen LogP contribution in [0.3, 0.4) is 0 Å². The van der Waals surface area contributed by atoms with Crippen molar-refractivity contribution in [1.29, 1.82) is 0 Å². The predicted molar refractivity (Wildman–Crippen MR) is 80.0 cm³/mol. The van der Waals surface area contributed by atoms with E-state index < -0.39 is 4.92 Å². The Hall–Kier alpha value is -1.54. The molecule has 0 fully saturated rings. The van der Waals surface area contributed by atoms with Gasteiger partial charge >= 0.3 is 0 Å². The number of nitro groups is 1. The molecule has 5 nitrogen and oxygen atoms in total. The molecule has 0 bridgehead atoms. The van der Waals surface area contributed by atoms with Gasteiger partial charge in [-0.3, -0.25) is 10.1 Å². The first-order valence-corrected chi connectivity index (χ1v) is 7.03. The van der Waals surface area contributed by atoms with Gasteiger partial charge in [-0.2, -0.15) is 0 Å². The van der Waals surface area contributed by atoms with Crippen molar-refractivity contribution in [3.63, 3.8) is 0 Å². The molecule has 0 saturated heterocycles. The van der Waals surface area contributed by atoms with Gasteiger partial charge in [0.15, 0.2) is 0 Å². The van der Waals surface area contributed by atoms with Crippen molar-refractivity contribution in [3.8, 4) is 0 Å². The Morgan fingerprint density at radius 2 is 2.05 bits per heavy atom. The van der Waals surface area contributed by atoms with E-state index in [0.717, 1.165) is 16.2 Å². The minimum absolute atomic E-state index is 0.102. The van der Waals surface area contributed by atoms with Gasteiger partial charge in [-0.15, -0.1) is 0 Å².